The van der Waals surface area contributed by atoms with Crippen molar-refractivity contribution in [3.05, 3.63) is 0 Å². The summed E-state index contributed by atoms with van der Waals surface area (Å²) < 4.78 is 39.5. The Kier molecular flexibility index (Phi) is 3.62. The van der Waals surface area contributed by atoms with E-state index in [1.165, 1.54) is 0 Å². The summed E-state index contributed by atoms with van der Waals surface area (Å²) in [5.41, 5.74) is -3.40. The third kappa shape index (κ3) is 2.54. The van der Waals surface area contributed by atoms with Crippen molar-refractivity contribution >= 4 is 18.1 Å². The Labute approximate surface area is 136 Å². The molecule has 0 unspecified atom stereocenters. The van der Waals surface area contributed by atoms with E-state index in [1.54, 1.807) is 0 Å². The van der Waals surface area contributed by atoms with E-state index < -0.39 is 40.9 Å². The molecule has 2 aliphatic carbocycles. The Morgan fingerprint density at radius 3 is 2.29 bits per heavy atom. The summed E-state index contributed by atoms with van der Waals surface area (Å²) >= 11 is 0. The normalized spacial score (nSPS) is 29.5. The summed E-state index contributed by atoms with van der Waals surface area (Å²) in [5, 5.41) is 11.5. The van der Waals surface area contributed by atoms with Gasteiger partial charge in [-0.25, -0.2) is 0 Å². The molecule has 1 N–H and O–H groups in total. The molecule has 6 nitrogen and oxygen atoms in total. The van der Waals surface area contributed by atoms with Gasteiger partial charge in [-0.3, -0.25) is 9.59 Å². The molecule has 0 aromatic heterocycles. The van der Waals surface area contributed by atoms with Crippen LogP contribution in [0.3, 0.4) is 0 Å². The highest BCUT2D eigenvalue weighted by Gasteiger charge is 2.70. The first kappa shape index (κ1) is 16.7. The van der Waals surface area contributed by atoms with Crippen molar-refractivity contribution < 1.29 is 27.6 Å². The van der Waals surface area contributed by atoms with Crippen LogP contribution >= 0.6 is 0 Å². The number of amides is 2. The minimum absolute atomic E-state index is 0.0173. The number of nitriles is 1. The maximum absolute atomic E-state index is 13.2. The van der Waals surface area contributed by atoms with Crippen molar-refractivity contribution in [2.24, 2.45) is 11.3 Å². The second-order valence-corrected chi connectivity index (χ2v) is 6.87. The fraction of sp³-hybridized carbons (Fsp3) is 0.733. The van der Waals surface area contributed by atoms with Gasteiger partial charge in [0, 0.05) is 12.5 Å². The van der Waals surface area contributed by atoms with Crippen LogP contribution in [0.15, 0.2) is 0 Å². The number of nitrogens with one attached hydrogen (secondary N) is 1. The Hall–Kier alpha value is -2.11. The molecule has 2 atom stereocenters. The zero-order valence-electron chi connectivity index (χ0n) is 12.7. The quantitative estimate of drug-likeness (QED) is 0.769. The first-order valence-electron chi connectivity index (χ1n) is 7.74. The lowest BCUT2D eigenvalue weighted by atomic mass is 10.0. The second-order valence-electron chi connectivity index (χ2n) is 6.87. The summed E-state index contributed by atoms with van der Waals surface area (Å²) in [6.07, 6.45) is -3.79. The standard InChI is InChI=1S/C15H16F3N3O3/c16-15(17,18)14(3-4-14)12(24)21-6-9(7-22)5-10(21)11(23)20-13(8-19)1-2-13/h7,9-10H,1-6H2,(H,20,23)/t9-,10+/m1/s1. The lowest BCUT2D eigenvalue weighted by molar-refractivity contribution is -0.199. The average Bonchev–Trinajstić information content (AvgIpc) is 3.43. The summed E-state index contributed by atoms with van der Waals surface area (Å²) in [4.78, 5) is 36.7. The van der Waals surface area contributed by atoms with Gasteiger partial charge in [-0.2, -0.15) is 18.4 Å². The van der Waals surface area contributed by atoms with Crippen LogP contribution in [0, 0.1) is 22.7 Å². The SMILES string of the molecule is N#CC1(NC(=O)[C@@H]2C[C@@H](C=O)CN2C(=O)C2(C(F)(F)F)CC2)CC1. The van der Waals surface area contributed by atoms with Gasteiger partial charge < -0.3 is 15.0 Å². The maximum atomic E-state index is 13.2. The number of hydrogen-bond acceptors (Lipinski definition) is 4. The van der Waals surface area contributed by atoms with Gasteiger partial charge in [0.15, 0.2) is 0 Å². The molecule has 2 amide bonds. The largest absolute Gasteiger partial charge is 0.403 e. The van der Waals surface area contributed by atoms with E-state index in [-0.39, 0.29) is 25.8 Å². The van der Waals surface area contributed by atoms with E-state index in [0.29, 0.717) is 19.1 Å². The molecule has 2 saturated carbocycles. The molecule has 1 heterocycles. The Morgan fingerprint density at radius 2 is 1.88 bits per heavy atom. The third-order valence-electron chi connectivity index (χ3n) is 5.12. The zero-order chi connectivity index (χ0) is 17.8. The number of carbonyl (C=O) groups is 3. The fourth-order valence-corrected chi connectivity index (χ4v) is 3.17. The monoisotopic (exact) mass is 343 g/mol. The molecule has 3 rings (SSSR count). The molecule has 24 heavy (non-hydrogen) atoms. The molecular formula is C15H16F3N3O3. The van der Waals surface area contributed by atoms with Crippen LogP contribution < -0.4 is 5.32 Å². The lowest BCUT2D eigenvalue weighted by Crippen LogP contribution is -2.53. The summed E-state index contributed by atoms with van der Waals surface area (Å²) in [7, 11) is 0. The number of hydrogen-bond donors (Lipinski definition) is 1. The van der Waals surface area contributed by atoms with E-state index >= 15 is 0 Å². The molecule has 3 aliphatic rings. The van der Waals surface area contributed by atoms with Gasteiger partial charge in [0.2, 0.25) is 11.8 Å². The minimum atomic E-state index is -4.67. The van der Waals surface area contributed by atoms with Crippen LogP contribution in [0.25, 0.3) is 0 Å². The van der Waals surface area contributed by atoms with Crippen LogP contribution in [-0.2, 0) is 14.4 Å². The molecular weight excluding hydrogens is 327 g/mol. The minimum Gasteiger partial charge on any atom is -0.336 e. The first-order chi connectivity index (χ1) is 11.2. The van der Waals surface area contributed by atoms with E-state index in [2.05, 4.69) is 5.32 Å². The van der Waals surface area contributed by atoms with E-state index in [4.69, 9.17) is 5.26 Å². The highest BCUT2D eigenvalue weighted by Crippen LogP contribution is 2.59. The van der Waals surface area contributed by atoms with Crippen molar-refractivity contribution in [1.82, 2.24) is 10.2 Å². The van der Waals surface area contributed by atoms with Crippen molar-refractivity contribution in [3.63, 3.8) is 0 Å². The van der Waals surface area contributed by atoms with Gasteiger partial charge in [0.05, 0.1) is 6.07 Å². The number of carbonyl (C=O) groups excluding carboxylic acids is 3. The van der Waals surface area contributed by atoms with Crippen molar-refractivity contribution in [1.29, 1.82) is 5.26 Å². The van der Waals surface area contributed by atoms with Gasteiger partial charge in [-0.15, -0.1) is 0 Å². The molecule has 0 aromatic carbocycles. The van der Waals surface area contributed by atoms with Crippen molar-refractivity contribution in [3.8, 4) is 6.07 Å². The van der Waals surface area contributed by atoms with Crippen molar-refractivity contribution in [2.45, 2.75) is 49.9 Å². The molecule has 1 saturated heterocycles. The first-order valence-corrected chi connectivity index (χ1v) is 7.74. The number of halogens is 3. The van der Waals surface area contributed by atoms with E-state index in [1.807, 2.05) is 6.07 Å². The Balaban J connectivity index is 1.80. The summed E-state index contributed by atoms with van der Waals surface area (Å²) in [6.45, 7) is -0.197. The molecule has 1 aliphatic heterocycles. The number of rotatable bonds is 4. The molecule has 0 spiro atoms. The van der Waals surface area contributed by atoms with Gasteiger partial charge in [-0.1, -0.05) is 0 Å². The fourth-order valence-electron chi connectivity index (χ4n) is 3.17. The predicted octanol–water partition coefficient (Wildman–Crippen LogP) is 0.917. The number of nitrogens with zero attached hydrogens (tertiary/aromatic N) is 2. The smallest absolute Gasteiger partial charge is 0.336 e. The molecule has 0 aromatic rings. The summed E-state index contributed by atoms with van der Waals surface area (Å²) in [5.74, 6) is -2.47. The topological polar surface area (TPSA) is 90.3 Å². The van der Waals surface area contributed by atoms with Crippen LogP contribution in [-0.4, -0.2) is 47.3 Å². The molecule has 0 radical (unpaired) electrons. The number of alkyl halides is 3. The second kappa shape index (κ2) is 5.19. The Bertz CT molecular complexity index is 632. The summed E-state index contributed by atoms with van der Waals surface area (Å²) in [6, 6.07) is 0.818. The predicted molar refractivity (Wildman–Crippen MR) is 73.1 cm³/mol. The molecule has 9 heteroatoms. The van der Waals surface area contributed by atoms with Gasteiger partial charge >= 0.3 is 6.18 Å². The highest BCUT2D eigenvalue weighted by molar-refractivity contribution is 5.93. The maximum Gasteiger partial charge on any atom is 0.403 e. The average molecular weight is 343 g/mol. The Morgan fingerprint density at radius 1 is 1.25 bits per heavy atom. The van der Waals surface area contributed by atoms with Crippen LogP contribution in [0.5, 0.6) is 0 Å². The van der Waals surface area contributed by atoms with Crippen LogP contribution in [0.4, 0.5) is 13.2 Å². The lowest BCUT2D eigenvalue weighted by Gasteiger charge is -2.29. The highest BCUT2D eigenvalue weighted by atomic mass is 19.4. The molecule has 0 bridgehead atoms. The van der Waals surface area contributed by atoms with E-state index in [9.17, 15) is 27.6 Å². The third-order valence-corrected chi connectivity index (χ3v) is 5.12. The number of aldehydes is 1. The van der Waals surface area contributed by atoms with E-state index in [0.717, 1.165) is 4.90 Å². The van der Waals surface area contributed by atoms with Gasteiger partial charge in [0.25, 0.3) is 0 Å². The molecule has 130 valence electrons. The number of likely N-dealkylation sites (tertiary alicyclic amines) is 1. The van der Waals surface area contributed by atoms with Crippen LogP contribution in [0.2, 0.25) is 0 Å². The molecule has 3 fully saturated rings. The zero-order valence-corrected chi connectivity index (χ0v) is 12.7. The van der Waals surface area contributed by atoms with Gasteiger partial charge in [-0.05, 0) is 32.1 Å². The van der Waals surface area contributed by atoms with Crippen LogP contribution in [0.1, 0.15) is 32.1 Å². The van der Waals surface area contributed by atoms with Gasteiger partial charge in [0.1, 0.15) is 23.3 Å². The van der Waals surface area contributed by atoms with Crippen molar-refractivity contribution in [2.75, 3.05) is 6.54 Å².